The molecular weight excluding hydrogens is 978 g/mol. The van der Waals surface area contributed by atoms with Crippen molar-refractivity contribution in [1.82, 2.24) is 20.5 Å². The number of aliphatic hydroxyl groups excluding tert-OH is 1. The highest BCUT2D eigenvalue weighted by Gasteiger charge is 2.51. The average molecular weight is 1040 g/mol. The maximum Gasteiger partial charge on any atom is 0.417 e. The third-order valence-corrected chi connectivity index (χ3v) is 14.4. The molecule has 0 radical (unpaired) electrons. The van der Waals surface area contributed by atoms with Crippen molar-refractivity contribution >= 4 is 69.4 Å². The third-order valence-electron chi connectivity index (χ3n) is 13.0. The zero-order valence-electron chi connectivity index (χ0n) is 41.7. The van der Waals surface area contributed by atoms with Crippen LogP contribution in [0, 0.1) is 23.7 Å². The van der Waals surface area contributed by atoms with Crippen molar-refractivity contribution in [2.75, 3.05) is 41.4 Å². The highest BCUT2D eigenvalue weighted by atomic mass is 32.1. The molecule has 3 heterocycles. The van der Waals surface area contributed by atoms with Gasteiger partial charge in [0.1, 0.15) is 24.2 Å². The first-order valence-corrected chi connectivity index (χ1v) is 25.2. The minimum atomic E-state index is -4.80. The van der Waals surface area contributed by atoms with E-state index in [-0.39, 0.29) is 42.3 Å². The molecule has 0 unspecified atom stereocenters. The molecule has 19 heteroatoms. The number of aryl methyl sites for hydroxylation is 1. The van der Waals surface area contributed by atoms with Gasteiger partial charge in [-0.25, -0.2) is 4.98 Å². The van der Waals surface area contributed by atoms with Crippen LogP contribution in [0.5, 0.6) is 0 Å². The van der Waals surface area contributed by atoms with E-state index in [2.05, 4.69) is 20.9 Å². The van der Waals surface area contributed by atoms with Crippen LogP contribution in [0.25, 0.3) is 21.6 Å². The first-order chi connectivity index (χ1) is 34.5. The van der Waals surface area contributed by atoms with Crippen LogP contribution in [0.2, 0.25) is 0 Å². The van der Waals surface area contributed by atoms with Crippen LogP contribution in [0.1, 0.15) is 89.2 Å². The number of anilines is 3. The number of hydrogen-bond acceptors (Lipinski definition) is 11. The second-order valence-electron chi connectivity index (χ2n) is 19.8. The normalized spacial score (nSPS) is 17.6. The van der Waals surface area contributed by atoms with Gasteiger partial charge in [-0.2, -0.15) is 18.4 Å². The van der Waals surface area contributed by atoms with Gasteiger partial charge in [0.15, 0.2) is 5.11 Å². The summed E-state index contributed by atoms with van der Waals surface area (Å²) in [6, 6.07) is 25.4. The van der Waals surface area contributed by atoms with Crippen LogP contribution in [0.15, 0.2) is 96.5 Å². The number of unbranched alkanes of at least 4 members (excludes halogenated alkanes) is 1. The van der Waals surface area contributed by atoms with E-state index < -0.39 is 64.2 Å². The number of thiazole rings is 1. The fraction of sp³-hybridized carbons (Fsp3) is 0.389. The summed E-state index contributed by atoms with van der Waals surface area (Å²) in [4.78, 5) is 64.0. The molecular formula is C54H59F3N8O6S2. The Morgan fingerprint density at radius 2 is 1.58 bits per heavy atom. The van der Waals surface area contributed by atoms with E-state index in [1.807, 2.05) is 95.3 Å². The third kappa shape index (κ3) is 12.2. The Kier molecular flexibility index (Phi) is 16.4. The van der Waals surface area contributed by atoms with E-state index in [4.69, 9.17) is 17.0 Å². The summed E-state index contributed by atoms with van der Waals surface area (Å²) in [6.45, 7) is 13.3. The molecule has 5 aromatic rings. The zero-order chi connectivity index (χ0) is 53.0. The number of rotatable bonds is 17. The fourth-order valence-corrected chi connectivity index (χ4v) is 10.3. The molecule has 4 atom stereocenters. The molecule has 0 aliphatic carbocycles. The zero-order valence-corrected chi connectivity index (χ0v) is 43.3. The number of benzene rings is 4. The molecule has 73 heavy (non-hydrogen) atoms. The van der Waals surface area contributed by atoms with Gasteiger partial charge in [-0.15, -0.1) is 11.3 Å². The molecule has 2 aliphatic heterocycles. The summed E-state index contributed by atoms with van der Waals surface area (Å²) in [5, 5.41) is 29.1. The Bertz CT molecular complexity index is 2880. The molecule has 0 bridgehead atoms. The minimum absolute atomic E-state index is 0.0110. The topological polar surface area (TPSA) is 180 Å². The summed E-state index contributed by atoms with van der Waals surface area (Å²) < 4.78 is 47.0. The first-order valence-electron chi connectivity index (χ1n) is 23.9. The van der Waals surface area contributed by atoms with Gasteiger partial charge in [-0.1, -0.05) is 69.3 Å². The van der Waals surface area contributed by atoms with Crippen LogP contribution in [0.3, 0.4) is 0 Å². The molecule has 384 valence electrons. The number of carbonyl (C=O) groups is 4. The molecule has 4 aromatic carbocycles. The van der Waals surface area contributed by atoms with Crippen molar-refractivity contribution < 1.29 is 42.2 Å². The van der Waals surface area contributed by atoms with Gasteiger partial charge in [0, 0.05) is 37.5 Å². The van der Waals surface area contributed by atoms with Crippen LogP contribution < -0.4 is 25.8 Å². The van der Waals surface area contributed by atoms with E-state index in [0.29, 0.717) is 25.3 Å². The lowest BCUT2D eigenvalue weighted by Crippen LogP contribution is -2.58. The Morgan fingerprint density at radius 3 is 2.18 bits per heavy atom. The maximum atomic E-state index is 14.1. The minimum Gasteiger partial charge on any atom is -0.391 e. The Labute approximate surface area is 432 Å². The van der Waals surface area contributed by atoms with Crippen molar-refractivity contribution in [2.45, 2.75) is 104 Å². The van der Waals surface area contributed by atoms with Crippen molar-refractivity contribution in [3.63, 3.8) is 0 Å². The van der Waals surface area contributed by atoms with Gasteiger partial charge in [-0.3, -0.25) is 24.1 Å². The standard InChI is InChI=1S/C54H59F3N8O6S2/c1-32(34-10-12-37(13-11-34)46-33(2)60-31-73-46)61-48(68)44-27-42(66)29-63(44)49(69)47(52(3,4)5)62-45(67)30-71-25-9-8-24-59-39-19-14-35(15-20-39)36-16-21-40(22-17-36)65-51(72)64(50(70)53(65,6)7)41-23-18-38(28-58)43(26-41)54(55,56)57/h10-23,26,31-32,42,44,47,59,66H,8-9,24-25,27,29-30H2,1-7H3,(H,61,68)(H,62,67)/t32-,42+,44-,47+/m0/s1. The Balaban J connectivity index is 0.847. The number of alkyl halides is 3. The summed E-state index contributed by atoms with van der Waals surface area (Å²) in [6.07, 6.45) is -4.22. The number of halogens is 3. The van der Waals surface area contributed by atoms with E-state index in [0.717, 1.165) is 62.0 Å². The van der Waals surface area contributed by atoms with Crippen molar-refractivity contribution in [3.8, 4) is 27.6 Å². The van der Waals surface area contributed by atoms with Crippen LogP contribution in [-0.4, -0.2) is 93.8 Å². The highest BCUT2D eigenvalue weighted by molar-refractivity contribution is 7.81. The van der Waals surface area contributed by atoms with Gasteiger partial charge < -0.3 is 35.6 Å². The van der Waals surface area contributed by atoms with Crippen molar-refractivity contribution in [2.24, 2.45) is 5.41 Å². The highest BCUT2D eigenvalue weighted by Crippen LogP contribution is 2.40. The van der Waals surface area contributed by atoms with Crippen LogP contribution in [0.4, 0.5) is 30.2 Å². The number of aromatic nitrogens is 1. The van der Waals surface area contributed by atoms with Crippen LogP contribution in [-0.2, 0) is 30.1 Å². The maximum absolute atomic E-state index is 14.1. The molecule has 2 fully saturated rings. The first kappa shape index (κ1) is 54.1. The summed E-state index contributed by atoms with van der Waals surface area (Å²) in [5.74, 6) is -1.82. The lowest BCUT2D eigenvalue weighted by Gasteiger charge is -2.35. The van der Waals surface area contributed by atoms with Crippen molar-refractivity contribution in [3.05, 3.63) is 119 Å². The van der Waals surface area contributed by atoms with E-state index in [1.54, 1.807) is 53.8 Å². The van der Waals surface area contributed by atoms with Gasteiger partial charge in [0.25, 0.3) is 5.91 Å². The predicted octanol–water partition coefficient (Wildman–Crippen LogP) is 9.17. The number of aliphatic hydroxyl groups is 1. The number of hydrogen-bond donors (Lipinski definition) is 4. The molecule has 1 aromatic heterocycles. The van der Waals surface area contributed by atoms with Gasteiger partial charge in [0.2, 0.25) is 17.7 Å². The molecule has 0 saturated carbocycles. The monoisotopic (exact) mass is 1040 g/mol. The molecule has 4 N–H and O–H groups in total. The molecule has 7 rings (SSSR count). The lowest BCUT2D eigenvalue weighted by molar-refractivity contribution is -0.144. The fourth-order valence-electron chi connectivity index (χ4n) is 8.99. The van der Waals surface area contributed by atoms with Gasteiger partial charge >= 0.3 is 6.18 Å². The SMILES string of the molecule is Cc1ncsc1-c1ccc([C@H](C)NC(=O)[C@@H]2C[C@@H](O)CN2C(=O)[C@@H](NC(=O)COCCCCNc2ccc(-c3ccc(N4C(=S)N(c5ccc(C#N)c(C(F)(F)F)c5)C(=O)C4(C)C)cc3)cc2)C(C)(C)C)cc1. The number of likely N-dealkylation sites (tertiary alicyclic amines) is 1. The number of nitrogens with zero attached hydrogens (tertiary/aromatic N) is 5. The summed E-state index contributed by atoms with van der Waals surface area (Å²) in [5.41, 5.74) is 4.24. The van der Waals surface area contributed by atoms with Gasteiger partial charge in [-0.05, 0) is 123 Å². The van der Waals surface area contributed by atoms with Gasteiger partial charge in [0.05, 0.1) is 51.1 Å². The summed E-state index contributed by atoms with van der Waals surface area (Å²) in [7, 11) is 0. The van der Waals surface area contributed by atoms with E-state index >= 15 is 0 Å². The van der Waals surface area contributed by atoms with Crippen LogP contribution >= 0.6 is 23.6 Å². The number of nitriles is 1. The largest absolute Gasteiger partial charge is 0.417 e. The van der Waals surface area contributed by atoms with E-state index in [9.17, 15) is 42.7 Å². The summed E-state index contributed by atoms with van der Waals surface area (Å²) >= 11 is 7.24. The smallest absolute Gasteiger partial charge is 0.391 e. The molecule has 2 saturated heterocycles. The molecule has 14 nitrogen and oxygen atoms in total. The second kappa shape index (κ2) is 22.2. The molecule has 0 spiro atoms. The number of amides is 4. The molecule has 4 amide bonds. The van der Waals surface area contributed by atoms with E-state index in [1.165, 1.54) is 11.0 Å². The number of nitrogens with one attached hydrogen (secondary N) is 3. The Morgan fingerprint density at radius 1 is 0.945 bits per heavy atom. The second-order valence-corrected chi connectivity index (χ2v) is 21.1. The number of β-amino-alcohol motifs (C(OH)–C–C–N with tert-alkyl or cyclic N) is 1. The lowest BCUT2D eigenvalue weighted by atomic mass is 9.85. The quantitative estimate of drug-likeness (QED) is 0.0515. The van der Waals surface area contributed by atoms with Crippen molar-refractivity contribution in [1.29, 1.82) is 5.26 Å². The average Bonchev–Trinajstić information content (AvgIpc) is 4.01. The number of ether oxygens (including phenoxy) is 1. The number of thiocarbonyl (C=S) groups is 1. The number of carbonyl (C=O) groups excluding carboxylic acids is 4. The predicted molar refractivity (Wildman–Crippen MR) is 280 cm³/mol. The molecule has 2 aliphatic rings. The Hall–Kier alpha value is -6.72.